The Morgan fingerprint density at radius 3 is 2.76 bits per heavy atom. The molecule has 1 atom stereocenters. The predicted molar refractivity (Wildman–Crippen MR) is 97.2 cm³/mol. The molecule has 0 heterocycles. The Bertz CT molecular complexity index is 768. The van der Waals surface area contributed by atoms with E-state index in [-0.39, 0.29) is 12.1 Å². The topological polar surface area (TPSA) is 65.4 Å². The number of nitrogens with zero attached hydrogens (tertiary/aromatic N) is 2. The third kappa shape index (κ3) is 5.25. The van der Waals surface area contributed by atoms with Gasteiger partial charge in [-0.3, -0.25) is 0 Å². The van der Waals surface area contributed by atoms with E-state index in [0.29, 0.717) is 18.7 Å². The van der Waals surface area contributed by atoms with Crippen LogP contribution < -0.4 is 10.1 Å². The number of urea groups is 1. The molecule has 1 unspecified atom stereocenters. The zero-order valence-electron chi connectivity index (χ0n) is 14.8. The molecule has 2 amide bonds. The molecule has 0 spiro atoms. The minimum absolute atomic E-state index is 0.138. The summed E-state index contributed by atoms with van der Waals surface area (Å²) in [4.78, 5) is 14.0. The number of amides is 2. The average Bonchev–Trinajstić information content (AvgIpc) is 2.62. The van der Waals surface area contributed by atoms with Crippen molar-refractivity contribution in [1.29, 1.82) is 5.26 Å². The number of hydrogen-bond acceptors (Lipinski definition) is 3. The van der Waals surface area contributed by atoms with E-state index in [0.717, 1.165) is 16.9 Å². The Morgan fingerprint density at radius 2 is 2.04 bits per heavy atom. The summed E-state index contributed by atoms with van der Waals surface area (Å²) in [6.45, 7) is 4.92. The van der Waals surface area contributed by atoms with Gasteiger partial charge in [0.25, 0.3) is 0 Å². The van der Waals surface area contributed by atoms with Crippen LogP contribution in [0.5, 0.6) is 5.75 Å². The molecule has 130 valence electrons. The Balaban J connectivity index is 1.98. The maximum Gasteiger partial charge on any atom is 0.317 e. The maximum absolute atomic E-state index is 12.4. The number of benzene rings is 2. The van der Waals surface area contributed by atoms with Crippen LogP contribution in [-0.4, -0.2) is 24.6 Å². The molecule has 0 aliphatic rings. The van der Waals surface area contributed by atoms with Gasteiger partial charge in [-0.25, -0.2) is 4.79 Å². The van der Waals surface area contributed by atoms with Gasteiger partial charge in [-0.15, -0.1) is 0 Å². The number of rotatable bonds is 6. The van der Waals surface area contributed by atoms with Crippen LogP contribution in [0.1, 0.15) is 36.6 Å². The molecule has 5 nitrogen and oxygen atoms in total. The molecule has 2 aromatic carbocycles. The minimum atomic E-state index is -0.170. The van der Waals surface area contributed by atoms with Crippen molar-refractivity contribution in [1.82, 2.24) is 10.2 Å². The Hall–Kier alpha value is -3.00. The van der Waals surface area contributed by atoms with Crippen LogP contribution >= 0.6 is 0 Å². The van der Waals surface area contributed by atoms with Gasteiger partial charge in [0.15, 0.2) is 0 Å². The lowest BCUT2D eigenvalue weighted by molar-refractivity contribution is 0.203. The summed E-state index contributed by atoms with van der Waals surface area (Å²) >= 11 is 0. The largest absolute Gasteiger partial charge is 0.494 e. The lowest BCUT2D eigenvalue weighted by Crippen LogP contribution is -2.38. The van der Waals surface area contributed by atoms with Crippen molar-refractivity contribution in [2.45, 2.75) is 26.4 Å². The summed E-state index contributed by atoms with van der Waals surface area (Å²) in [6.07, 6.45) is 0. The first-order valence-electron chi connectivity index (χ1n) is 8.27. The van der Waals surface area contributed by atoms with E-state index in [1.807, 2.05) is 50.2 Å². The molecule has 1 N–H and O–H groups in total. The van der Waals surface area contributed by atoms with E-state index in [2.05, 4.69) is 11.4 Å². The lowest BCUT2D eigenvalue weighted by atomic mass is 10.1. The van der Waals surface area contributed by atoms with Gasteiger partial charge >= 0.3 is 6.03 Å². The quantitative estimate of drug-likeness (QED) is 0.870. The van der Waals surface area contributed by atoms with Gasteiger partial charge in [0.05, 0.1) is 24.3 Å². The third-order valence-corrected chi connectivity index (χ3v) is 3.83. The van der Waals surface area contributed by atoms with Crippen molar-refractivity contribution in [3.05, 3.63) is 65.2 Å². The van der Waals surface area contributed by atoms with E-state index < -0.39 is 0 Å². The predicted octanol–water partition coefficient (Wildman–Crippen LogP) is 3.86. The fourth-order valence-electron chi connectivity index (χ4n) is 2.50. The molecular formula is C20H23N3O2. The summed E-state index contributed by atoms with van der Waals surface area (Å²) in [5.41, 5.74) is 2.49. The third-order valence-electron chi connectivity index (χ3n) is 3.83. The Labute approximate surface area is 148 Å². The highest BCUT2D eigenvalue weighted by Crippen LogP contribution is 2.19. The van der Waals surface area contributed by atoms with Crippen LogP contribution in [0.2, 0.25) is 0 Å². The molecule has 0 fully saturated rings. The minimum Gasteiger partial charge on any atom is -0.494 e. The second-order valence-electron chi connectivity index (χ2n) is 5.84. The van der Waals surface area contributed by atoms with Gasteiger partial charge in [-0.2, -0.15) is 5.26 Å². The smallest absolute Gasteiger partial charge is 0.317 e. The van der Waals surface area contributed by atoms with E-state index >= 15 is 0 Å². The molecule has 0 aromatic heterocycles. The van der Waals surface area contributed by atoms with Crippen LogP contribution in [0.4, 0.5) is 4.79 Å². The van der Waals surface area contributed by atoms with Crippen LogP contribution in [0.3, 0.4) is 0 Å². The number of carbonyl (C=O) groups excluding carboxylic acids is 1. The first kappa shape index (κ1) is 18.3. The normalized spacial score (nSPS) is 11.3. The van der Waals surface area contributed by atoms with Crippen LogP contribution in [-0.2, 0) is 6.54 Å². The average molecular weight is 337 g/mol. The molecular weight excluding hydrogens is 314 g/mol. The lowest BCUT2D eigenvalue weighted by Gasteiger charge is -2.22. The molecule has 2 aromatic rings. The van der Waals surface area contributed by atoms with Gasteiger partial charge in [0.2, 0.25) is 0 Å². The number of ether oxygens (including phenoxy) is 1. The zero-order valence-corrected chi connectivity index (χ0v) is 14.8. The molecule has 0 bridgehead atoms. The molecule has 2 rings (SSSR count). The van der Waals surface area contributed by atoms with E-state index in [1.165, 1.54) is 0 Å². The number of carbonyl (C=O) groups is 1. The second-order valence-corrected chi connectivity index (χ2v) is 5.84. The first-order chi connectivity index (χ1) is 12.0. The second kappa shape index (κ2) is 8.74. The number of hydrogen-bond donors (Lipinski definition) is 1. The summed E-state index contributed by atoms with van der Waals surface area (Å²) < 4.78 is 5.50. The highest BCUT2D eigenvalue weighted by atomic mass is 16.5. The summed E-state index contributed by atoms with van der Waals surface area (Å²) in [7, 11) is 1.73. The zero-order chi connectivity index (χ0) is 18.2. The monoisotopic (exact) mass is 337 g/mol. The molecule has 25 heavy (non-hydrogen) atoms. The van der Waals surface area contributed by atoms with Crippen molar-refractivity contribution in [3.8, 4) is 11.8 Å². The summed E-state index contributed by atoms with van der Waals surface area (Å²) in [5.74, 6) is 0.794. The van der Waals surface area contributed by atoms with Crippen LogP contribution in [0.25, 0.3) is 0 Å². The molecule has 0 aliphatic carbocycles. The van der Waals surface area contributed by atoms with Gasteiger partial charge in [0.1, 0.15) is 5.75 Å². The van der Waals surface area contributed by atoms with Crippen molar-refractivity contribution in [2.24, 2.45) is 0 Å². The Kier molecular flexibility index (Phi) is 6.41. The van der Waals surface area contributed by atoms with E-state index in [9.17, 15) is 4.79 Å². The first-order valence-corrected chi connectivity index (χ1v) is 8.27. The molecule has 0 aliphatic heterocycles. The number of nitriles is 1. The molecule has 0 saturated heterocycles. The van der Waals surface area contributed by atoms with Crippen molar-refractivity contribution >= 4 is 6.03 Å². The standard InChI is InChI=1S/C20H23N3O2/c1-4-25-19-10-6-9-18(12-19)15(2)22-20(24)23(3)14-17-8-5-7-16(11-17)13-21/h5-12,15H,4,14H2,1-3H3,(H,22,24). The van der Waals surface area contributed by atoms with Crippen molar-refractivity contribution < 1.29 is 9.53 Å². The molecule has 0 radical (unpaired) electrons. The van der Waals surface area contributed by atoms with Gasteiger partial charge in [0, 0.05) is 13.6 Å². The van der Waals surface area contributed by atoms with Gasteiger partial charge in [-0.05, 0) is 49.2 Å². The molecule has 5 heteroatoms. The van der Waals surface area contributed by atoms with Crippen LogP contribution in [0.15, 0.2) is 48.5 Å². The van der Waals surface area contributed by atoms with Crippen LogP contribution in [0, 0.1) is 11.3 Å². The van der Waals surface area contributed by atoms with E-state index in [1.54, 1.807) is 24.1 Å². The fourth-order valence-corrected chi connectivity index (χ4v) is 2.50. The van der Waals surface area contributed by atoms with Crippen molar-refractivity contribution in [2.75, 3.05) is 13.7 Å². The van der Waals surface area contributed by atoms with Gasteiger partial charge in [-0.1, -0.05) is 24.3 Å². The maximum atomic E-state index is 12.4. The summed E-state index contributed by atoms with van der Waals surface area (Å²) in [5, 5.41) is 11.9. The van der Waals surface area contributed by atoms with Gasteiger partial charge < -0.3 is 15.0 Å². The molecule has 0 saturated carbocycles. The summed E-state index contributed by atoms with van der Waals surface area (Å²) in [6, 6.07) is 16.8. The van der Waals surface area contributed by atoms with E-state index in [4.69, 9.17) is 10.00 Å². The highest BCUT2D eigenvalue weighted by Gasteiger charge is 2.14. The fraction of sp³-hybridized carbons (Fsp3) is 0.300. The van der Waals surface area contributed by atoms with Crippen molar-refractivity contribution in [3.63, 3.8) is 0 Å². The Morgan fingerprint density at radius 1 is 1.28 bits per heavy atom. The number of nitrogens with one attached hydrogen (secondary N) is 1. The SMILES string of the molecule is CCOc1cccc(C(C)NC(=O)N(C)Cc2cccc(C#N)c2)c1. The highest BCUT2D eigenvalue weighted by molar-refractivity contribution is 5.74.